The molecule has 0 unspecified atom stereocenters. The van der Waals surface area contributed by atoms with Crippen LogP contribution in [-0.2, 0) is 24.7 Å². The van der Waals surface area contributed by atoms with Gasteiger partial charge < -0.3 is 25.0 Å². The number of aliphatic hydroxyl groups excluding tert-OH is 2. The molecular weight excluding hydrogens is 404 g/mol. The highest BCUT2D eigenvalue weighted by Gasteiger charge is 2.54. The van der Waals surface area contributed by atoms with E-state index in [1.54, 1.807) is 19.1 Å². The molecule has 0 radical (unpaired) electrons. The van der Waals surface area contributed by atoms with E-state index in [4.69, 9.17) is 9.47 Å². The smallest absolute Gasteiger partial charge is 0.306 e. The van der Waals surface area contributed by atoms with Gasteiger partial charge in [0.15, 0.2) is 5.82 Å². The van der Waals surface area contributed by atoms with Crippen LogP contribution in [0.25, 0.3) is 5.52 Å². The number of fused-ring (bicyclic) bond motifs is 1. The molecule has 3 rings (SSSR count). The first-order valence-electron chi connectivity index (χ1n) is 10.5. The molecule has 0 saturated carbocycles. The summed E-state index contributed by atoms with van der Waals surface area (Å²) >= 11 is 0. The lowest BCUT2D eigenvalue weighted by molar-refractivity contribution is -0.152. The second-order valence-electron chi connectivity index (χ2n) is 8.40. The largest absolute Gasteiger partial charge is 0.463 e. The average Bonchev–Trinajstić information content (AvgIpc) is 3.23. The molecule has 2 aromatic rings. The minimum Gasteiger partial charge on any atom is -0.463 e. The number of anilines is 1. The number of rotatable bonds is 8. The molecule has 4 atom stereocenters. The zero-order chi connectivity index (χ0) is 22.8. The van der Waals surface area contributed by atoms with E-state index in [-0.39, 0.29) is 30.8 Å². The van der Waals surface area contributed by atoms with Crippen LogP contribution in [0.2, 0.25) is 0 Å². The van der Waals surface area contributed by atoms with Gasteiger partial charge in [0.05, 0.1) is 5.69 Å². The number of aliphatic hydroxyl groups is 2. The van der Waals surface area contributed by atoms with E-state index in [0.717, 1.165) is 0 Å². The van der Waals surface area contributed by atoms with Crippen molar-refractivity contribution in [3.8, 4) is 0 Å². The van der Waals surface area contributed by atoms with Crippen LogP contribution in [-0.4, -0.2) is 61.6 Å². The number of ether oxygens (including phenoxy) is 2. The quantitative estimate of drug-likeness (QED) is 0.531. The molecule has 0 aliphatic carbocycles. The summed E-state index contributed by atoms with van der Waals surface area (Å²) in [5, 5.41) is 28.3. The van der Waals surface area contributed by atoms with Crippen molar-refractivity contribution in [2.45, 2.75) is 70.9 Å². The summed E-state index contributed by atoms with van der Waals surface area (Å²) in [7, 11) is 0. The van der Waals surface area contributed by atoms with Crippen LogP contribution in [0.3, 0.4) is 0 Å². The standard InChI is InChI=1S/C21H30N4O6/c1-5-6-16(26)24-20-13-7-8-15(25(13)23-11-22-20)21(4)19(29)18(28)14(31-21)10-30-17(27)9-12(2)3/h7-8,11-12,14,18-19,28-29H,5-6,9-10H2,1-4H3,(H,22,23,24,26)/t14-,18-,19-,21+/m1/s1. The fourth-order valence-electron chi connectivity index (χ4n) is 3.72. The lowest BCUT2D eigenvalue weighted by atomic mass is 9.93. The molecule has 170 valence electrons. The predicted octanol–water partition coefficient (Wildman–Crippen LogP) is 1.39. The van der Waals surface area contributed by atoms with E-state index < -0.39 is 23.9 Å². The molecule has 1 saturated heterocycles. The molecule has 10 nitrogen and oxygen atoms in total. The number of carbonyl (C=O) groups excluding carboxylic acids is 2. The molecule has 1 aliphatic rings. The molecule has 31 heavy (non-hydrogen) atoms. The zero-order valence-corrected chi connectivity index (χ0v) is 18.2. The molecular formula is C21H30N4O6. The van der Waals surface area contributed by atoms with Crippen molar-refractivity contribution in [2.24, 2.45) is 5.92 Å². The third-order valence-corrected chi connectivity index (χ3v) is 5.34. The molecule has 1 fully saturated rings. The van der Waals surface area contributed by atoms with Crippen molar-refractivity contribution in [3.05, 3.63) is 24.2 Å². The summed E-state index contributed by atoms with van der Waals surface area (Å²) in [6.07, 6.45) is -0.807. The van der Waals surface area contributed by atoms with Gasteiger partial charge in [-0.3, -0.25) is 9.59 Å². The van der Waals surface area contributed by atoms with Crippen molar-refractivity contribution in [2.75, 3.05) is 11.9 Å². The van der Waals surface area contributed by atoms with Crippen LogP contribution in [0.1, 0.15) is 52.7 Å². The third-order valence-electron chi connectivity index (χ3n) is 5.34. The van der Waals surface area contributed by atoms with Crippen molar-refractivity contribution < 1.29 is 29.3 Å². The van der Waals surface area contributed by atoms with Crippen molar-refractivity contribution in [3.63, 3.8) is 0 Å². The third kappa shape index (κ3) is 4.70. The second-order valence-corrected chi connectivity index (χ2v) is 8.40. The number of hydrogen-bond donors (Lipinski definition) is 3. The molecule has 0 aromatic carbocycles. The lowest BCUT2D eigenvalue weighted by Gasteiger charge is -2.27. The van der Waals surface area contributed by atoms with Gasteiger partial charge >= 0.3 is 5.97 Å². The minimum absolute atomic E-state index is 0.150. The fourth-order valence-corrected chi connectivity index (χ4v) is 3.72. The molecule has 1 aliphatic heterocycles. The van der Waals surface area contributed by atoms with Crippen molar-refractivity contribution in [1.82, 2.24) is 14.6 Å². The topological polar surface area (TPSA) is 135 Å². The molecule has 3 heterocycles. The Hall–Kier alpha value is -2.56. The van der Waals surface area contributed by atoms with E-state index >= 15 is 0 Å². The Labute approximate surface area is 180 Å². The number of esters is 1. The number of amides is 1. The Morgan fingerprint density at radius 1 is 1.35 bits per heavy atom. The normalized spacial score (nSPS) is 25.8. The van der Waals surface area contributed by atoms with E-state index in [1.165, 1.54) is 10.8 Å². The Morgan fingerprint density at radius 2 is 2.10 bits per heavy atom. The summed E-state index contributed by atoms with van der Waals surface area (Å²) in [6.45, 7) is 7.18. The molecule has 0 bridgehead atoms. The molecule has 10 heteroatoms. The van der Waals surface area contributed by atoms with Gasteiger partial charge in [0.2, 0.25) is 5.91 Å². The summed E-state index contributed by atoms with van der Waals surface area (Å²) in [4.78, 5) is 28.0. The van der Waals surface area contributed by atoms with Gasteiger partial charge in [-0.05, 0) is 31.4 Å². The Balaban J connectivity index is 1.83. The molecule has 3 N–H and O–H groups in total. The highest BCUT2D eigenvalue weighted by atomic mass is 16.6. The number of hydrogen-bond acceptors (Lipinski definition) is 8. The van der Waals surface area contributed by atoms with E-state index in [9.17, 15) is 19.8 Å². The fraction of sp³-hybridized carbons (Fsp3) is 0.619. The van der Waals surface area contributed by atoms with Gasteiger partial charge in [-0.1, -0.05) is 20.8 Å². The first-order valence-corrected chi connectivity index (χ1v) is 10.5. The molecule has 2 aromatic heterocycles. The average molecular weight is 434 g/mol. The highest BCUT2D eigenvalue weighted by molar-refractivity contribution is 5.93. The van der Waals surface area contributed by atoms with Crippen LogP contribution >= 0.6 is 0 Å². The second kappa shape index (κ2) is 9.29. The lowest BCUT2D eigenvalue weighted by Crippen LogP contribution is -2.39. The van der Waals surface area contributed by atoms with Gasteiger partial charge in [0.25, 0.3) is 0 Å². The summed E-state index contributed by atoms with van der Waals surface area (Å²) in [5.74, 6) is -0.0535. The SMILES string of the molecule is CCCC(=O)Nc1ncnn2c([C@]3(C)O[C@H](COC(=O)CC(C)C)[C@@H](O)[C@H]3O)ccc12. The number of nitrogens with one attached hydrogen (secondary N) is 1. The van der Waals surface area contributed by atoms with Gasteiger partial charge in [0.1, 0.15) is 42.4 Å². The van der Waals surface area contributed by atoms with Crippen molar-refractivity contribution >= 4 is 23.2 Å². The van der Waals surface area contributed by atoms with Gasteiger partial charge in [-0.25, -0.2) is 9.50 Å². The van der Waals surface area contributed by atoms with Gasteiger partial charge in [-0.15, -0.1) is 0 Å². The van der Waals surface area contributed by atoms with Crippen LogP contribution in [0.15, 0.2) is 18.5 Å². The zero-order valence-electron chi connectivity index (χ0n) is 18.2. The summed E-state index contributed by atoms with van der Waals surface area (Å²) in [5.41, 5.74) is -0.321. The van der Waals surface area contributed by atoms with E-state index in [0.29, 0.717) is 29.9 Å². The maximum Gasteiger partial charge on any atom is 0.306 e. The number of carbonyl (C=O) groups is 2. The Morgan fingerprint density at radius 3 is 2.77 bits per heavy atom. The van der Waals surface area contributed by atoms with Crippen molar-refractivity contribution in [1.29, 1.82) is 0 Å². The summed E-state index contributed by atoms with van der Waals surface area (Å²) < 4.78 is 12.7. The number of nitrogens with zero attached hydrogens (tertiary/aromatic N) is 3. The molecule has 0 spiro atoms. The van der Waals surface area contributed by atoms with Crippen LogP contribution in [0.5, 0.6) is 0 Å². The first kappa shape index (κ1) is 23.1. The molecule has 1 amide bonds. The summed E-state index contributed by atoms with van der Waals surface area (Å²) in [6, 6.07) is 3.41. The van der Waals surface area contributed by atoms with Crippen LogP contribution in [0, 0.1) is 5.92 Å². The van der Waals surface area contributed by atoms with Crippen LogP contribution in [0.4, 0.5) is 5.82 Å². The predicted molar refractivity (Wildman–Crippen MR) is 111 cm³/mol. The maximum absolute atomic E-state index is 12.0. The Bertz CT molecular complexity index is 945. The maximum atomic E-state index is 12.0. The Kier molecular flexibility index (Phi) is 6.93. The number of aromatic nitrogens is 3. The van der Waals surface area contributed by atoms with Gasteiger partial charge in [-0.2, -0.15) is 5.10 Å². The van der Waals surface area contributed by atoms with E-state index in [1.807, 2.05) is 20.8 Å². The highest BCUT2D eigenvalue weighted by Crippen LogP contribution is 2.40. The van der Waals surface area contributed by atoms with Crippen LogP contribution < -0.4 is 5.32 Å². The minimum atomic E-state index is -1.32. The van der Waals surface area contributed by atoms with E-state index in [2.05, 4.69) is 15.4 Å². The monoisotopic (exact) mass is 434 g/mol. The first-order chi connectivity index (χ1) is 14.7. The van der Waals surface area contributed by atoms with Gasteiger partial charge in [0, 0.05) is 12.8 Å².